The molecule has 1 atom stereocenters. The maximum Gasteiger partial charge on any atom is 0.389 e. The van der Waals surface area contributed by atoms with Gasteiger partial charge in [0.15, 0.2) is 0 Å². The average molecular weight is 242 g/mol. The van der Waals surface area contributed by atoms with Crippen molar-refractivity contribution in [3.05, 3.63) is 22.4 Å². The minimum Gasteiger partial charge on any atom is -0.480 e. The SMILES string of the molecule is CC(NC(=O)Cn1ccc([N+](=O)[O-])n1)C(=O)O. The summed E-state index contributed by atoms with van der Waals surface area (Å²) in [6, 6.07) is 0.126. The highest BCUT2D eigenvalue weighted by molar-refractivity contribution is 5.82. The molecule has 9 heteroatoms. The first-order valence-electron chi connectivity index (χ1n) is 4.60. The number of nitrogens with zero attached hydrogens (tertiary/aromatic N) is 3. The number of carboxylic acids is 1. The number of aromatic nitrogens is 2. The number of carbonyl (C=O) groups excluding carboxylic acids is 1. The van der Waals surface area contributed by atoms with Crippen molar-refractivity contribution in [3.63, 3.8) is 0 Å². The molecule has 9 nitrogen and oxygen atoms in total. The Labute approximate surface area is 95.2 Å². The molecule has 1 rings (SSSR count). The molecule has 1 aromatic rings. The van der Waals surface area contributed by atoms with E-state index in [2.05, 4.69) is 10.4 Å². The average Bonchev–Trinajstić information content (AvgIpc) is 2.65. The van der Waals surface area contributed by atoms with E-state index in [0.717, 1.165) is 10.7 Å². The van der Waals surface area contributed by atoms with E-state index in [1.165, 1.54) is 13.1 Å². The van der Waals surface area contributed by atoms with Gasteiger partial charge in [0.05, 0.1) is 17.4 Å². The van der Waals surface area contributed by atoms with E-state index in [1.54, 1.807) is 0 Å². The van der Waals surface area contributed by atoms with Crippen LogP contribution < -0.4 is 5.32 Å². The molecule has 1 unspecified atom stereocenters. The maximum atomic E-state index is 11.3. The highest BCUT2D eigenvalue weighted by Crippen LogP contribution is 2.04. The fraction of sp³-hybridized carbons (Fsp3) is 0.375. The fourth-order valence-electron chi connectivity index (χ4n) is 1.03. The Morgan fingerprint density at radius 2 is 2.35 bits per heavy atom. The highest BCUT2D eigenvalue weighted by atomic mass is 16.6. The van der Waals surface area contributed by atoms with Crippen LogP contribution in [0.5, 0.6) is 0 Å². The second-order valence-electron chi connectivity index (χ2n) is 3.26. The summed E-state index contributed by atoms with van der Waals surface area (Å²) in [7, 11) is 0. The molecule has 0 aromatic carbocycles. The second kappa shape index (κ2) is 5.05. The first-order valence-corrected chi connectivity index (χ1v) is 4.60. The summed E-state index contributed by atoms with van der Waals surface area (Å²) in [6.45, 7) is 1.04. The van der Waals surface area contributed by atoms with Crippen LogP contribution in [-0.4, -0.2) is 37.7 Å². The van der Waals surface area contributed by atoms with E-state index < -0.39 is 22.8 Å². The molecule has 0 bridgehead atoms. The molecule has 1 aromatic heterocycles. The first-order chi connectivity index (χ1) is 7.90. The van der Waals surface area contributed by atoms with Gasteiger partial charge in [0.2, 0.25) is 5.91 Å². The van der Waals surface area contributed by atoms with Gasteiger partial charge < -0.3 is 20.5 Å². The van der Waals surface area contributed by atoms with Crippen LogP contribution in [0.15, 0.2) is 12.3 Å². The van der Waals surface area contributed by atoms with Crippen molar-refractivity contribution in [2.75, 3.05) is 0 Å². The largest absolute Gasteiger partial charge is 0.480 e. The lowest BCUT2D eigenvalue weighted by Gasteiger charge is -2.07. The van der Waals surface area contributed by atoms with Gasteiger partial charge in [0, 0.05) is 0 Å². The van der Waals surface area contributed by atoms with E-state index in [-0.39, 0.29) is 12.4 Å². The topological polar surface area (TPSA) is 127 Å². The third-order valence-electron chi connectivity index (χ3n) is 1.87. The smallest absolute Gasteiger partial charge is 0.389 e. The quantitative estimate of drug-likeness (QED) is 0.523. The number of nitro groups is 1. The Balaban J connectivity index is 2.56. The molecule has 0 aliphatic carbocycles. The Bertz CT molecular complexity index is 455. The number of hydrogen-bond acceptors (Lipinski definition) is 5. The highest BCUT2D eigenvalue weighted by Gasteiger charge is 2.17. The molecule has 0 saturated carbocycles. The van der Waals surface area contributed by atoms with Gasteiger partial charge in [0.1, 0.15) is 12.6 Å². The van der Waals surface area contributed by atoms with Crippen molar-refractivity contribution in [1.29, 1.82) is 0 Å². The summed E-state index contributed by atoms with van der Waals surface area (Å²) in [5, 5.41) is 24.6. The molecule has 0 radical (unpaired) electrons. The number of carboxylic acid groups (broad SMARTS) is 1. The van der Waals surface area contributed by atoms with Gasteiger partial charge in [-0.15, -0.1) is 0 Å². The molecule has 17 heavy (non-hydrogen) atoms. The zero-order chi connectivity index (χ0) is 13.0. The predicted molar refractivity (Wildman–Crippen MR) is 54.1 cm³/mol. The van der Waals surface area contributed by atoms with Crippen molar-refractivity contribution in [2.45, 2.75) is 19.5 Å². The van der Waals surface area contributed by atoms with Crippen LogP contribution in [0.4, 0.5) is 5.82 Å². The van der Waals surface area contributed by atoms with Crippen LogP contribution in [0.2, 0.25) is 0 Å². The summed E-state index contributed by atoms with van der Waals surface area (Å²) < 4.78 is 1.06. The van der Waals surface area contributed by atoms with Crippen LogP contribution in [0.1, 0.15) is 6.92 Å². The second-order valence-corrected chi connectivity index (χ2v) is 3.26. The molecule has 2 N–H and O–H groups in total. The number of aliphatic carboxylic acids is 1. The van der Waals surface area contributed by atoms with Crippen molar-refractivity contribution in [3.8, 4) is 0 Å². The van der Waals surface area contributed by atoms with Crippen LogP contribution in [0.3, 0.4) is 0 Å². The Morgan fingerprint density at radius 1 is 1.71 bits per heavy atom. The van der Waals surface area contributed by atoms with Crippen molar-refractivity contribution < 1.29 is 19.6 Å². The fourth-order valence-corrected chi connectivity index (χ4v) is 1.03. The molecule has 0 saturated heterocycles. The van der Waals surface area contributed by atoms with Gasteiger partial charge in [-0.2, -0.15) is 4.68 Å². The Hall–Kier alpha value is -2.45. The maximum absolute atomic E-state index is 11.3. The summed E-state index contributed by atoms with van der Waals surface area (Å²) >= 11 is 0. The van der Waals surface area contributed by atoms with Gasteiger partial charge in [-0.3, -0.25) is 9.59 Å². The molecule has 1 heterocycles. The van der Waals surface area contributed by atoms with Gasteiger partial charge in [0.25, 0.3) is 0 Å². The minimum atomic E-state index is -1.16. The normalized spacial score (nSPS) is 11.8. The summed E-state index contributed by atoms with van der Waals surface area (Å²) in [6.07, 6.45) is 1.27. The summed E-state index contributed by atoms with van der Waals surface area (Å²) in [5.74, 6) is -2.12. The van der Waals surface area contributed by atoms with Crippen molar-refractivity contribution in [2.24, 2.45) is 0 Å². The number of hydrogen-bond donors (Lipinski definition) is 2. The Kier molecular flexibility index (Phi) is 3.75. The summed E-state index contributed by atoms with van der Waals surface area (Å²) in [5.41, 5.74) is 0. The van der Waals surface area contributed by atoms with E-state index in [1.807, 2.05) is 0 Å². The molecular weight excluding hydrogens is 232 g/mol. The van der Waals surface area contributed by atoms with Gasteiger partial charge in [-0.1, -0.05) is 0 Å². The van der Waals surface area contributed by atoms with Gasteiger partial charge >= 0.3 is 11.8 Å². The van der Waals surface area contributed by atoms with Gasteiger partial charge in [-0.05, 0) is 11.8 Å². The lowest BCUT2D eigenvalue weighted by atomic mass is 10.3. The number of carbonyl (C=O) groups is 2. The molecule has 0 aliphatic rings. The third kappa shape index (κ3) is 3.55. The third-order valence-corrected chi connectivity index (χ3v) is 1.87. The molecular formula is C8H10N4O5. The van der Waals surface area contributed by atoms with E-state index in [4.69, 9.17) is 5.11 Å². The van der Waals surface area contributed by atoms with E-state index >= 15 is 0 Å². The van der Waals surface area contributed by atoms with Gasteiger partial charge in [-0.25, -0.2) is 0 Å². The number of amides is 1. The molecule has 92 valence electrons. The Morgan fingerprint density at radius 3 is 2.82 bits per heavy atom. The summed E-state index contributed by atoms with van der Waals surface area (Å²) in [4.78, 5) is 31.4. The zero-order valence-corrected chi connectivity index (χ0v) is 8.86. The van der Waals surface area contributed by atoms with Crippen LogP contribution in [-0.2, 0) is 16.1 Å². The van der Waals surface area contributed by atoms with E-state index in [0.29, 0.717) is 0 Å². The first kappa shape index (κ1) is 12.6. The monoisotopic (exact) mass is 242 g/mol. The van der Waals surface area contributed by atoms with Crippen LogP contribution >= 0.6 is 0 Å². The molecule has 0 aliphatic heterocycles. The predicted octanol–water partition coefficient (Wildman–Crippen LogP) is -0.619. The molecule has 0 fully saturated rings. The lowest BCUT2D eigenvalue weighted by Crippen LogP contribution is -2.40. The van der Waals surface area contributed by atoms with Crippen LogP contribution in [0, 0.1) is 10.1 Å². The zero-order valence-electron chi connectivity index (χ0n) is 8.86. The van der Waals surface area contributed by atoms with Crippen molar-refractivity contribution in [1.82, 2.24) is 15.1 Å². The minimum absolute atomic E-state index is 0.272. The molecule has 1 amide bonds. The standard InChI is InChI=1S/C8H10N4O5/c1-5(8(14)15)9-7(13)4-11-3-2-6(10-11)12(16)17/h2-3,5H,4H2,1H3,(H,9,13)(H,14,15). The lowest BCUT2D eigenvalue weighted by molar-refractivity contribution is -0.389. The van der Waals surface area contributed by atoms with E-state index in [9.17, 15) is 19.7 Å². The van der Waals surface area contributed by atoms with Crippen LogP contribution in [0.25, 0.3) is 0 Å². The van der Waals surface area contributed by atoms with Crippen molar-refractivity contribution >= 4 is 17.7 Å². The number of rotatable bonds is 5. The molecule has 0 spiro atoms. The number of nitrogens with one attached hydrogen (secondary N) is 1.